The third-order valence-electron chi connectivity index (χ3n) is 9.55. The first-order chi connectivity index (χ1) is 22.5. The number of ether oxygens (including phenoxy) is 2. The number of nitrogens with zero attached hydrogens (tertiary/aromatic N) is 3. The van der Waals surface area contributed by atoms with Crippen LogP contribution in [0.2, 0.25) is 0 Å². The van der Waals surface area contributed by atoms with Crippen molar-refractivity contribution in [3.05, 3.63) is 120 Å². The van der Waals surface area contributed by atoms with Crippen LogP contribution in [-0.2, 0) is 25.7 Å². The first-order valence-electron chi connectivity index (χ1n) is 15.8. The van der Waals surface area contributed by atoms with Crippen molar-refractivity contribution in [1.29, 1.82) is 0 Å². The van der Waals surface area contributed by atoms with Crippen LogP contribution in [0.3, 0.4) is 0 Å². The van der Waals surface area contributed by atoms with E-state index in [1.54, 1.807) is 9.80 Å². The molecule has 7 rings (SSSR count). The number of rotatable bonds is 8. The molecule has 9 heteroatoms. The molecular formula is C37H37N3O6. The lowest BCUT2D eigenvalue weighted by Crippen LogP contribution is -2.56. The number of carbonyl (C=O) groups is 3. The van der Waals surface area contributed by atoms with Crippen LogP contribution in [0.1, 0.15) is 24.1 Å². The molecular weight excluding hydrogens is 582 g/mol. The number of hydrogen-bond acceptors (Lipinski definition) is 6. The fourth-order valence-corrected chi connectivity index (χ4v) is 7.56. The third-order valence-corrected chi connectivity index (χ3v) is 9.55. The van der Waals surface area contributed by atoms with Crippen LogP contribution >= 0.6 is 0 Å². The molecule has 4 aliphatic heterocycles. The standard InChI is InChI=1S/C37H37N3O6/c1-2-45-28-18-16-27(17-19-28)39-22-9-15-30-31(34(39)42)32-35(43)40(29(24-41)26-13-7-4-8-14-26)33-36(44)38(21-10-20-37(32,33)46-30)23-25-11-5-3-6-12-25/h3-20,29-33,41H,2,21-24H2,1H3/t29-,30-,31+,32+,33?,37+/m1/s1. The molecule has 4 aliphatic rings. The second-order valence-corrected chi connectivity index (χ2v) is 12.1. The summed E-state index contributed by atoms with van der Waals surface area (Å²) in [5.74, 6) is -2.06. The topological polar surface area (TPSA) is 99.6 Å². The normalized spacial score (nSPS) is 27.6. The highest BCUT2D eigenvalue weighted by molar-refractivity contribution is 6.04. The molecule has 9 nitrogen and oxygen atoms in total. The van der Waals surface area contributed by atoms with Crippen LogP contribution < -0.4 is 9.64 Å². The highest BCUT2D eigenvalue weighted by Gasteiger charge is 2.72. The van der Waals surface area contributed by atoms with Gasteiger partial charge in [-0.2, -0.15) is 0 Å². The number of carbonyl (C=O) groups excluding carboxylic acids is 3. The molecule has 3 aromatic rings. The smallest absolute Gasteiger partial charge is 0.249 e. The fourth-order valence-electron chi connectivity index (χ4n) is 7.56. The lowest BCUT2D eigenvalue weighted by Gasteiger charge is -2.38. The van der Waals surface area contributed by atoms with Gasteiger partial charge in [-0.3, -0.25) is 14.4 Å². The number of aliphatic hydroxyl groups excluding tert-OH is 1. The van der Waals surface area contributed by atoms with E-state index in [0.717, 1.165) is 5.56 Å². The summed E-state index contributed by atoms with van der Waals surface area (Å²) in [6.45, 7) is 3.02. The van der Waals surface area contributed by atoms with E-state index in [1.165, 1.54) is 4.90 Å². The zero-order chi connectivity index (χ0) is 31.8. The van der Waals surface area contributed by atoms with Gasteiger partial charge in [0.25, 0.3) is 0 Å². The number of aliphatic hydroxyl groups is 1. The van der Waals surface area contributed by atoms with Gasteiger partial charge < -0.3 is 29.3 Å². The average Bonchev–Trinajstić information content (AvgIpc) is 3.40. The third kappa shape index (κ3) is 4.91. The summed E-state index contributed by atoms with van der Waals surface area (Å²) >= 11 is 0. The number of benzene rings is 3. The number of fused-ring (bicyclic) bond motifs is 2. The van der Waals surface area contributed by atoms with Crippen LogP contribution in [0.25, 0.3) is 0 Å². The maximum absolute atomic E-state index is 14.8. The Kier molecular flexibility index (Phi) is 7.96. The predicted molar refractivity (Wildman–Crippen MR) is 172 cm³/mol. The van der Waals surface area contributed by atoms with Gasteiger partial charge in [0.2, 0.25) is 17.7 Å². The molecule has 236 valence electrons. The minimum atomic E-state index is -1.40. The largest absolute Gasteiger partial charge is 0.494 e. The van der Waals surface area contributed by atoms with E-state index >= 15 is 0 Å². The van der Waals surface area contributed by atoms with Crippen LogP contribution in [0.15, 0.2) is 109 Å². The Bertz CT molecular complexity index is 1660. The predicted octanol–water partition coefficient (Wildman–Crippen LogP) is 3.90. The van der Waals surface area contributed by atoms with Crippen molar-refractivity contribution in [1.82, 2.24) is 9.80 Å². The molecule has 0 saturated carbocycles. The number of amides is 3. The summed E-state index contributed by atoms with van der Waals surface area (Å²) in [6.07, 6.45) is 6.74. The Morgan fingerprint density at radius 2 is 1.61 bits per heavy atom. The maximum Gasteiger partial charge on any atom is 0.249 e. The lowest BCUT2D eigenvalue weighted by molar-refractivity contribution is -0.150. The summed E-state index contributed by atoms with van der Waals surface area (Å²) in [5, 5.41) is 10.8. The summed E-state index contributed by atoms with van der Waals surface area (Å²) in [5.41, 5.74) is 0.927. The van der Waals surface area contributed by atoms with Crippen LogP contribution in [-0.4, -0.2) is 76.7 Å². The van der Waals surface area contributed by atoms with E-state index in [0.29, 0.717) is 43.2 Å². The van der Waals surface area contributed by atoms with Gasteiger partial charge in [0.1, 0.15) is 17.4 Å². The molecule has 46 heavy (non-hydrogen) atoms. The zero-order valence-electron chi connectivity index (χ0n) is 25.6. The van der Waals surface area contributed by atoms with Gasteiger partial charge in [0.15, 0.2) is 0 Å². The molecule has 2 saturated heterocycles. The van der Waals surface area contributed by atoms with Crippen molar-refractivity contribution in [3.8, 4) is 5.75 Å². The van der Waals surface area contributed by atoms with E-state index in [2.05, 4.69) is 0 Å². The Hall–Kier alpha value is -4.73. The lowest BCUT2D eigenvalue weighted by atomic mass is 9.77. The molecule has 0 aromatic heterocycles. The SMILES string of the molecule is CCOc1ccc(N2CC=C[C@H]3O[C@]45C=CCN(Cc6ccccc6)C(=O)C4N([C@H](CO)c4ccccc4)C(=O)[C@@H]5[C@H]3C2=O)cc1. The van der Waals surface area contributed by atoms with Gasteiger partial charge in [0.05, 0.1) is 37.2 Å². The van der Waals surface area contributed by atoms with Gasteiger partial charge in [-0.25, -0.2) is 0 Å². The van der Waals surface area contributed by atoms with Crippen molar-refractivity contribution < 1.29 is 29.0 Å². The molecule has 1 spiro atoms. The number of likely N-dealkylation sites (tertiary alicyclic amines) is 1. The molecule has 0 bridgehead atoms. The van der Waals surface area contributed by atoms with E-state index in [4.69, 9.17) is 9.47 Å². The first-order valence-corrected chi connectivity index (χ1v) is 15.8. The molecule has 0 radical (unpaired) electrons. The second-order valence-electron chi connectivity index (χ2n) is 12.1. The quantitative estimate of drug-likeness (QED) is 0.384. The summed E-state index contributed by atoms with van der Waals surface area (Å²) in [4.78, 5) is 48.9. The van der Waals surface area contributed by atoms with Gasteiger partial charge >= 0.3 is 0 Å². The Labute approximate surface area is 268 Å². The fraction of sp³-hybridized carbons (Fsp3) is 0.324. The molecule has 4 heterocycles. The maximum atomic E-state index is 14.8. The molecule has 1 N–H and O–H groups in total. The second kappa shape index (κ2) is 12.2. The summed E-state index contributed by atoms with van der Waals surface area (Å²) in [7, 11) is 0. The highest BCUT2D eigenvalue weighted by atomic mass is 16.5. The number of hydrogen-bond donors (Lipinski definition) is 1. The number of anilines is 1. The van der Waals surface area contributed by atoms with Gasteiger partial charge in [-0.15, -0.1) is 0 Å². The van der Waals surface area contributed by atoms with Gasteiger partial charge in [0, 0.05) is 25.3 Å². The van der Waals surface area contributed by atoms with Crippen LogP contribution in [0.5, 0.6) is 5.75 Å². The van der Waals surface area contributed by atoms with E-state index in [1.807, 2.05) is 116 Å². The van der Waals surface area contributed by atoms with Crippen molar-refractivity contribution in [2.24, 2.45) is 11.8 Å². The average molecular weight is 620 g/mol. The van der Waals surface area contributed by atoms with E-state index < -0.39 is 42.2 Å². The summed E-state index contributed by atoms with van der Waals surface area (Å²) < 4.78 is 12.4. The minimum Gasteiger partial charge on any atom is -0.494 e. The Morgan fingerprint density at radius 1 is 0.891 bits per heavy atom. The molecule has 1 unspecified atom stereocenters. The molecule has 3 amide bonds. The van der Waals surface area contributed by atoms with Crippen LogP contribution in [0.4, 0.5) is 5.69 Å². The Balaban J connectivity index is 1.31. The molecule has 0 aliphatic carbocycles. The van der Waals surface area contributed by atoms with E-state index in [-0.39, 0.29) is 17.7 Å². The van der Waals surface area contributed by atoms with Crippen molar-refractivity contribution in [3.63, 3.8) is 0 Å². The summed E-state index contributed by atoms with van der Waals surface area (Å²) in [6, 6.07) is 24.3. The van der Waals surface area contributed by atoms with Gasteiger partial charge in [-0.1, -0.05) is 85.0 Å². The zero-order valence-corrected chi connectivity index (χ0v) is 25.6. The van der Waals surface area contributed by atoms with Crippen molar-refractivity contribution >= 4 is 23.4 Å². The Morgan fingerprint density at radius 3 is 2.30 bits per heavy atom. The monoisotopic (exact) mass is 619 g/mol. The first kappa shape index (κ1) is 30.0. The molecule has 2 fully saturated rings. The molecule has 6 atom stereocenters. The van der Waals surface area contributed by atoms with Crippen molar-refractivity contribution in [2.45, 2.75) is 37.3 Å². The van der Waals surface area contributed by atoms with E-state index in [9.17, 15) is 19.5 Å². The molecule has 3 aromatic carbocycles. The van der Waals surface area contributed by atoms with Crippen molar-refractivity contribution in [2.75, 3.05) is 31.2 Å². The minimum absolute atomic E-state index is 0.249. The van der Waals surface area contributed by atoms with Crippen LogP contribution in [0, 0.1) is 11.8 Å². The van der Waals surface area contributed by atoms with Gasteiger partial charge in [-0.05, 0) is 42.3 Å². The highest BCUT2D eigenvalue weighted by Crippen LogP contribution is 2.55.